The molecule has 4 heteroatoms. The van der Waals surface area contributed by atoms with E-state index in [9.17, 15) is 4.79 Å². The Balaban J connectivity index is 2.39. The van der Waals surface area contributed by atoms with Gasteiger partial charge in [-0.05, 0) is 42.5 Å². The average Bonchev–Trinajstić information content (AvgIpc) is 2.32. The van der Waals surface area contributed by atoms with Crippen LogP contribution in [-0.4, -0.2) is 24.0 Å². The Morgan fingerprint density at radius 2 is 2.24 bits per heavy atom. The van der Waals surface area contributed by atoms with Gasteiger partial charge in [-0.3, -0.25) is 4.79 Å². The number of aryl methyl sites for hydroxylation is 1. The van der Waals surface area contributed by atoms with Crippen molar-refractivity contribution in [2.45, 2.75) is 20.3 Å². The second-order valence-corrected chi connectivity index (χ2v) is 5.27. The maximum Gasteiger partial charge on any atom is 0.251 e. The number of nitrogen functional groups attached to an aromatic ring is 1. The molecule has 0 bridgehead atoms. The highest BCUT2D eigenvalue weighted by Gasteiger charge is 2.05. The van der Waals surface area contributed by atoms with Crippen LogP contribution in [0.25, 0.3) is 0 Å². The van der Waals surface area contributed by atoms with E-state index in [1.807, 2.05) is 30.8 Å². The molecule has 3 nitrogen and oxygen atoms in total. The summed E-state index contributed by atoms with van der Waals surface area (Å²) in [6, 6.07) is 5.41. The SMILES string of the molecule is CCSCCCNC(=O)c1ccc(C)c(N)c1. The highest BCUT2D eigenvalue weighted by atomic mass is 32.2. The van der Waals surface area contributed by atoms with Crippen molar-refractivity contribution in [3.05, 3.63) is 29.3 Å². The Morgan fingerprint density at radius 1 is 1.47 bits per heavy atom. The predicted molar refractivity (Wildman–Crippen MR) is 75.5 cm³/mol. The van der Waals surface area contributed by atoms with E-state index in [1.165, 1.54) is 0 Å². The molecule has 3 N–H and O–H groups in total. The van der Waals surface area contributed by atoms with Gasteiger partial charge < -0.3 is 11.1 Å². The van der Waals surface area contributed by atoms with Crippen molar-refractivity contribution in [1.29, 1.82) is 0 Å². The Kier molecular flexibility index (Phi) is 5.91. The summed E-state index contributed by atoms with van der Waals surface area (Å²) < 4.78 is 0. The number of amides is 1. The van der Waals surface area contributed by atoms with Gasteiger partial charge in [0.25, 0.3) is 5.91 Å². The second-order valence-electron chi connectivity index (χ2n) is 3.88. The molecular formula is C13H20N2OS. The minimum atomic E-state index is -0.0433. The van der Waals surface area contributed by atoms with Crippen molar-refractivity contribution < 1.29 is 4.79 Å². The minimum Gasteiger partial charge on any atom is -0.398 e. The van der Waals surface area contributed by atoms with E-state index >= 15 is 0 Å². The molecule has 0 aliphatic rings. The van der Waals surface area contributed by atoms with E-state index < -0.39 is 0 Å². The quantitative estimate of drug-likeness (QED) is 0.604. The fourth-order valence-electron chi connectivity index (χ4n) is 1.40. The lowest BCUT2D eigenvalue weighted by atomic mass is 10.1. The average molecular weight is 252 g/mol. The summed E-state index contributed by atoms with van der Waals surface area (Å²) in [5, 5.41) is 2.90. The molecule has 0 aliphatic heterocycles. The molecule has 0 unspecified atom stereocenters. The maximum atomic E-state index is 11.8. The van der Waals surface area contributed by atoms with E-state index in [0.717, 1.165) is 30.0 Å². The molecule has 0 spiro atoms. The Hall–Kier alpha value is -1.16. The standard InChI is InChI=1S/C13H20N2OS/c1-3-17-8-4-7-15-13(16)11-6-5-10(2)12(14)9-11/h5-6,9H,3-4,7-8,14H2,1-2H3,(H,15,16). The number of hydrogen-bond donors (Lipinski definition) is 2. The molecule has 0 heterocycles. The van der Waals surface area contributed by atoms with Crippen LogP contribution in [0.3, 0.4) is 0 Å². The number of rotatable bonds is 6. The first-order chi connectivity index (χ1) is 8.15. The van der Waals surface area contributed by atoms with E-state index in [-0.39, 0.29) is 5.91 Å². The summed E-state index contributed by atoms with van der Waals surface area (Å²) in [6.45, 7) is 4.79. The van der Waals surface area contributed by atoms with Crippen LogP contribution in [0.1, 0.15) is 29.3 Å². The van der Waals surface area contributed by atoms with Gasteiger partial charge in [0.05, 0.1) is 0 Å². The fourth-order valence-corrected chi connectivity index (χ4v) is 2.04. The zero-order valence-corrected chi connectivity index (χ0v) is 11.3. The van der Waals surface area contributed by atoms with Crippen molar-refractivity contribution in [2.24, 2.45) is 0 Å². The van der Waals surface area contributed by atoms with Crippen LogP contribution in [0.4, 0.5) is 5.69 Å². The van der Waals surface area contributed by atoms with Crippen molar-refractivity contribution in [3.8, 4) is 0 Å². The monoisotopic (exact) mass is 252 g/mol. The van der Waals surface area contributed by atoms with E-state index in [4.69, 9.17) is 5.73 Å². The number of nitrogens with one attached hydrogen (secondary N) is 1. The molecule has 0 aromatic heterocycles. The van der Waals surface area contributed by atoms with Gasteiger partial charge in [-0.2, -0.15) is 11.8 Å². The minimum absolute atomic E-state index is 0.0433. The van der Waals surface area contributed by atoms with Crippen LogP contribution < -0.4 is 11.1 Å². The highest BCUT2D eigenvalue weighted by molar-refractivity contribution is 7.99. The Morgan fingerprint density at radius 3 is 2.88 bits per heavy atom. The number of benzene rings is 1. The normalized spacial score (nSPS) is 10.2. The fraction of sp³-hybridized carbons (Fsp3) is 0.462. The lowest BCUT2D eigenvalue weighted by molar-refractivity contribution is 0.0954. The van der Waals surface area contributed by atoms with Crippen LogP contribution in [0.2, 0.25) is 0 Å². The number of thioether (sulfide) groups is 1. The van der Waals surface area contributed by atoms with E-state index in [2.05, 4.69) is 12.2 Å². The largest absolute Gasteiger partial charge is 0.398 e. The van der Waals surface area contributed by atoms with Gasteiger partial charge in [0, 0.05) is 17.8 Å². The van der Waals surface area contributed by atoms with Crippen molar-refractivity contribution >= 4 is 23.4 Å². The molecule has 17 heavy (non-hydrogen) atoms. The third kappa shape index (κ3) is 4.69. The van der Waals surface area contributed by atoms with E-state index in [1.54, 1.807) is 6.07 Å². The van der Waals surface area contributed by atoms with Gasteiger partial charge in [-0.1, -0.05) is 13.0 Å². The Bertz CT molecular complexity index is 380. The molecule has 1 amide bonds. The molecule has 0 fully saturated rings. The van der Waals surface area contributed by atoms with Crippen molar-refractivity contribution in [3.63, 3.8) is 0 Å². The van der Waals surface area contributed by atoms with Gasteiger partial charge in [-0.25, -0.2) is 0 Å². The number of anilines is 1. The predicted octanol–water partition coefficient (Wildman–Crippen LogP) is 2.45. The van der Waals surface area contributed by atoms with Crippen LogP contribution >= 0.6 is 11.8 Å². The number of carbonyl (C=O) groups is 1. The summed E-state index contributed by atoms with van der Waals surface area (Å²) in [5.74, 6) is 2.17. The van der Waals surface area contributed by atoms with E-state index in [0.29, 0.717) is 11.3 Å². The smallest absolute Gasteiger partial charge is 0.251 e. The first-order valence-corrected chi connectivity index (χ1v) is 7.02. The molecule has 0 saturated heterocycles. The third-order valence-corrected chi connectivity index (χ3v) is 3.48. The lowest BCUT2D eigenvalue weighted by Crippen LogP contribution is -2.24. The molecule has 0 atom stereocenters. The second kappa shape index (κ2) is 7.22. The topological polar surface area (TPSA) is 55.1 Å². The molecule has 0 saturated carbocycles. The van der Waals surface area contributed by atoms with Crippen LogP contribution in [0.5, 0.6) is 0 Å². The highest BCUT2D eigenvalue weighted by Crippen LogP contribution is 2.12. The molecule has 1 aromatic carbocycles. The van der Waals surface area contributed by atoms with Gasteiger partial charge in [0.15, 0.2) is 0 Å². The summed E-state index contributed by atoms with van der Waals surface area (Å²) in [5.41, 5.74) is 8.07. The number of hydrogen-bond acceptors (Lipinski definition) is 3. The van der Waals surface area contributed by atoms with Gasteiger partial charge in [0.1, 0.15) is 0 Å². The first kappa shape index (κ1) is 13.9. The Labute approximate surface area is 107 Å². The zero-order valence-electron chi connectivity index (χ0n) is 10.5. The summed E-state index contributed by atoms with van der Waals surface area (Å²) in [6.07, 6.45) is 1.01. The van der Waals surface area contributed by atoms with Crippen LogP contribution in [0, 0.1) is 6.92 Å². The van der Waals surface area contributed by atoms with Gasteiger partial charge >= 0.3 is 0 Å². The van der Waals surface area contributed by atoms with Crippen LogP contribution in [-0.2, 0) is 0 Å². The molecule has 1 aromatic rings. The molecular weight excluding hydrogens is 232 g/mol. The third-order valence-electron chi connectivity index (χ3n) is 2.50. The zero-order chi connectivity index (χ0) is 12.7. The van der Waals surface area contributed by atoms with Crippen LogP contribution in [0.15, 0.2) is 18.2 Å². The molecule has 94 valence electrons. The summed E-state index contributed by atoms with van der Waals surface area (Å²) in [7, 11) is 0. The summed E-state index contributed by atoms with van der Waals surface area (Å²) in [4.78, 5) is 11.8. The molecule has 1 rings (SSSR count). The maximum absolute atomic E-state index is 11.8. The number of nitrogens with two attached hydrogens (primary N) is 1. The van der Waals surface area contributed by atoms with Gasteiger partial charge in [0.2, 0.25) is 0 Å². The van der Waals surface area contributed by atoms with Crippen molar-refractivity contribution in [2.75, 3.05) is 23.8 Å². The van der Waals surface area contributed by atoms with Crippen molar-refractivity contribution in [1.82, 2.24) is 5.32 Å². The lowest BCUT2D eigenvalue weighted by Gasteiger charge is -2.06. The first-order valence-electron chi connectivity index (χ1n) is 5.87. The molecule has 0 aliphatic carbocycles. The number of carbonyl (C=O) groups excluding carboxylic acids is 1. The summed E-state index contributed by atoms with van der Waals surface area (Å²) >= 11 is 1.89. The van der Waals surface area contributed by atoms with Gasteiger partial charge in [-0.15, -0.1) is 0 Å². The molecule has 0 radical (unpaired) electrons.